The Labute approximate surface area is 121 Å². The maximum atomic E-state index is 13.2. The minimum absolute atomic E-state index is 0.00313. The first-order valence-corrected chi connectivity index (χ1v) is 6.60. The van der Waals surface area contributed by atoms with Crippen molar-refractivity contribution in [3.63, 3.8) is 0 Å². The van der Waals surface area contributed by atoms with Crippen molar-refractivity contribution in [3.8, 4) is 0 Å². The molecule has 0 radical (unpaired) electrons. The highest BCUT2D eigenvalue weighted by atomic mass is 35.5. The SMILES string of the molecule is CN1C[C@H](NC(=O)Nc2ccc(Cl)c(F)c2)CCC1=O. The van der Waals surface area contributed by atoms with Crippen LogP contribution in [0.15, 0.2) is 18.2 Å². The van der Waals surface area contributed by atoms with Gasteiger partial charge in [-0.05, 0) is 24.6 Å². The lowest BCUT2D eigenvalue weighted by molar-refractivity contribution is -0.132. The zero-order valence-electron chi connectivity index (χ0n) is 11.0. The number of likely N-dealkylation sites (N-methyl/N-ethyl adjacent to an activating group) is 1. The fourth-order valence-electron chi connectivity index (χ4n) is 2.06. The van der Waals surface area contributed by atoms with E-state index in [1.54, 1.807) is 11.9 Å². The van der Waals surface area contributed by atoms with Crippen LogP contribution in [-0.4, -0.2) is 36.5 Å². The standard InChI is InChI=1S/C13H15ClFN3O2/c1-18-7-9(3-5-12(18)19)17-13(20)16-8-2-4-10(14)11(15)6-8/h2,4,6,9H,3,5,7H2,1H3,(H2,16,17,20)/t9-/m1/s1. The topological polar surface area (TPSA) is 61.4 Å². The summed E-state index contributed by atoms with van der Waals surface area (Å²) in [5.41, 5.74) is 0.324. The van der Waals surface area contributed by atoms with Crippen molar-refractivity contribution in [2.75, 3.05) is 18.9 Å². The van der Waals surface area contributed by atoms with E-state index in [-0.39, 0.29) is 17.0 Å². The molecular weight excluding hydrogens is 285 g/mol. The molecule has 1 aromatic rings. The fourth-order valence-corrected chi connectivity index (χ4v) is 2.17. The van der Waals surface area contributed by atoms with Crippen LogP contribution in [0.3, 0.4) is 0 Å². The van der Waals surface area contributed by atoms with Gasteiger partial charge < -0.3 is 15.5 Å². The van der Waals surface area contributed by atoms with Gasteiger partial charge in [0.2, 0.25) is 5.91 Å². The molecule has 0 saturated carbocycles. The highest BCUT2D eigenvalue weighted by molar-refractivity contribution is 6.30. The van der Waals surface area contributed by atoms with E-state index in [0.717, 1.165) is 6.07 Å². The number of carbonyl (C=O) groups is 2. The second-order valence-corrected chi connectivity index (χ2v) is 5.14. The first kappa shape index (κ1) is 14.6. The summed E-state index contributed by atoms with van der Waals surface area (Å²) >= 11 is 5.56. The van der Waals surface area contributed by atoms with Gasteiger partial charge in [-0.1, -0.05) is 11.6 Å². The van der Waals surface area contributed by atoms with E-state index in [2.05, 4.69) is 10.6 Å². The van der Waals surface area contributed by atoms with Crippen molar-refractivity contribution in [3.05, 3.63) is 29.0 Å². The first-order chi connectivity index (χ1) is 9.45. The second kappa shape index (κ2) is 6.09. The van der Waals surface area contributed by atoms with E-state index >= 15 is 0 Å². The Hall–Kier alpha value is -1.82. The molecule has 0 aliphatic carbocycles. The van der Waals surface area contributed by atoms with Crippen molar-refractivity contribution < 1.29 is 14.0 Å². The monoisotopic (exact) mass is 299 g/mol. The number of urea groups is 1. The van der Waals surface area contributed by atoms with Crippen molar-refractivity contribution in [1.82, 2.24) is 10.2 Å². The number of piperidine rings is 1. The quantitative estimate of drug-likeness (QED) is 0.879. The van der Waals surface area contributed by atoms with Gasteiger partial charge >= 0.3 is 6.03 Å². The molecule has 1 aliphatic rings. The Morgan fingerprint density at radius 3 is 2.90 bits per heavy atom. The minimum atomic E-state index is -0.590. The number of halogens is 2. The summed E-state index contributed by atoms with van der Waals surface area (Å²) in [7, 11) is 1.70. The maximum absolute atomic E-state index is 13.2. The van der Waals surface area contributed by atoms with Crippen LogP contribution in [0, 0.1) is 5.82 Å². The average Bonchev–Trinajstić information content (AvgIpc) is 2.38. The van der Waals surface area contributed by atoms with Crippen LogP contribution >= 0.6 is 11.6 Å². The minimum Gasteiger partial charge on any atom is -0.344 e. The second-order valence-electron chi connectivity index (χ2n) is 4.74. The van der Waals surface area contributed by atoms with Gasteiger partial charge in [-0.25, -0.2) is 9.18 Å². The van der Waals surface area contributed by atoms with Gasteiger partial charge in [0.15, 0.2) is 0 Å². The number of rotatable bonds is 2. The number of hydrogen-bond acceptors (Lipinski definition) is 2. The third-order valence-corrected chi connectivity index (χ3v) is 3.45. The van der Waals surface area contributed by atoms with E-state index in [1.807, 2.05) is 0 Å². The molecule has 5 nitrogen and oxygen atoms in total. The number of nitrogens with one attached hydrogen (secondary N) is 2. The number of benzene rings is 1. The van der Waals surface area contributed by atoms with Crippen LogP contribution in [0.4, 0.5) is 14.9 Å². The molecule has 1 aliphatic heterocycles. The lowest BCUT2D eigenvalue weighted by Crippen LogP contribution is -2.49. The van der Waals surface area contributed by atoms with Crippen LogP contribution in [0.25, 0.3) is 0 Å². The van der Waals surface area contributed by atoms with E-state index in [9.17, 15) is 14.0 Å². The van der Waals surface area contributed by atoms with Gasteiger partial charge in [-0.2, -0.15) is 0 Å². The molecule has 1 fully saturated rings. The van der Waals surface area contributed by atoms with Crippen molar-refractivity contribution >= 4 is 29.2 Å². The molecule has 2 N–H and O–H groups in total. The molecule has 1 atom stereocenters. The third-order valence-electron chi connectivity index (χ3n) is 3.14. The van der Waals surface area contributed by atoms with Gasteiger partial charge in [-0.3, -0.25) is 4.79 Å². The molecule has 108 valence electrons. The predicted molar refractivity (Wildman–Crippen MR) is 74.2 cm³/mol. The molecule has 0 bridgehead atoms. The maximum Gasteiger partial charge on any atom is 0.319 e. The Morgan fingerprint density at radius 2 is 2.25 bits per heavy atom. The highest BCUT2D eigenvalue weighted by Gasteiger charge is 2.23. The fraction of sp³-hybridized carbons (Fsp3) is 0.385. The Balaban J connectivity index is 1.89. The smallest absolute Gasteiger partial charge is 0.319 e. The van der Waals surface area contributed by atoms with Gasteiger partial charge in [0, 0.05) is 31.7 Å². The summed E-state index contributed by atoms with van der Waals surface area (Å²) in [6.45, 7) is 0.473. The summed E-state index contributed by atoms with van der Waals surface area (Å²) in [4.78, 5) is 24.7. The van der Waals surface area contributed by atoms with Crippen molar-refractivity contribution in [2.45, 2.75) is 18.9 Å². The number of nitrogens with zero attached hydrogens (tertiary/aromatic N) is 1. The number of anilines is 1. The lowest BCUT2D eigenvalue weighted by atomic mass is 10.1. The highest BCUT2D eigenvalue weighted by Crippen LogP contribution is 2.18. The number of hydrogen-bond donors (Lipinski definition) is 2. The van der Waals surface area contributed by atoms with E-state index in [0.29, 0.717) is 25.1 Å². The van der Waals surface area contributed by atoms with Crippen LogP contribution in [0.1, 0.15) is 12.8 Å². The van der Waals surface area contributed by atoms with Gasteiger partial charge in [0.25, 0.3) is 0 Å². The summed E-state index contributed by atoms with van der Waals surface area (Å²) < 4.78 is 13.2. The van der Waals surface area contributed by atoms with Crippen LogP contribution in [-0.2, 0) is 4.79 Å². The molecule has 20 heavy (non-hydrogen) atoms. The van der Waals surface area contributed by atoms with Crippen LogP contribution in [0.5, 0.6) is 0 Å². The van der Waals surface area contributed by atoms with Crippen LogP contribution < -0.4 is 10.6 Å². The zero-order valence-corrected chi connectivity index (χ0v) is 11.7. The largest absolute Gasteiger partial charge is 0.344 e. The summed E-state index contributed by atoms with van der Waals surface area (Å²) in [6, 6.07) is 3.51. The summed E-state index contributed by atoms with van der Waals surface area (Å²) in [5, 5.41) is 5.29. The van der Waals surface area contributed by atoms with Crippen LogP contribution in [0.2, 0.25) is 5.02 Å². The van der Waals surface area contributed by atoms with Crippen molar-refractivity contribution in [1.29, 1.82) is 0 Å². The molecule has 1 saturated heterocycles. The third kappa shape index (κ3) is 3.60. The molecular formula is C13H15ClFN3O2. The average molecular weight is 300 g/mol. The Morgan fingerprint density at radius 1 is 1.50 bits per heavy atom. The normalized spacial score (nSPS) is 18.9. The van der Waals surface area contributed by atoms with Crippen molar-refractivity contribution in [2.24, 2.45) is 0 Å². The molecule has 2 rings (SSSR count). The zero-order chi connectivity index (χ0) is 14.7. The molecule has 0 unspecified atom stereocenters. The molecule has 3 amide bonds. The Bertz CT molecular complexity index is 538. The molecule has 0 aromatic heterocycles. The predicted octanol–water partition coefficient (Wildman–Crippen LogP) is 2.22. The molecule has 0 spiro atoms. The molecule has 1 heterocycles. The Kier molecular flexibility index (Phi) is 4.44. The van der Waals surface area contributed by atoms with Gasteiger partial charge in [0.1, 0.15) is 5.82 Å². The summed E-state index contributed by atoms with van der Waals surface area (Å²) in [5.74, 6) is -0.518. The van der Waals surface area contributed by atoms with Gasteiger partial charge in [0.05, 0.1) is 5.02 Å². The first-order valence-electron chi connectivity index (χ1n) is 6.22. The van der Waals surface area contributed by atoms with Gasteiger partial charge in [-0.15, -0.1) is 0 Å². The lowest BCUT2D eigenvalue weighted by Gasteiger charge is -2.30. The molecule has 1 aromatic carbocycles. The van der Waals surface area contributed by atoms with E-state index in [4.69, 9.17) is 11.6 Å². The number of amides is 3. The van der Waals surface area contributed by atoms with E-state index in [1.165, 1.54) is 12.1 Å². The molecule has 7 heteroatoms. The number of carbonyl (C=O) groups excluding carboxylic acids is 2. The summed E-state index contributed by atoms with van der Waals surface area (Å²) in [6.07, 6.45) is 1.02. The van der Waals surface area contributed by atoms with E-state index < -0.39 is 11.8 Å². The number of likely N-dealkylation sites (tertiary alicyclic amines) is 1.